The van der Waals surface area contributed by atoms with Crippen molar-refractivity contribution < 1.29 is 13.2 Å². The first-order valence-electron chi connectivity index (χ1n) is 10.8. The number of nitrogens with zero attached hydrogens (tertiary/aromatic N) is 3. The molecular weight excluding hydrogens is 398 g/mol. The summed E-state index contributed by atoms with van der Waals surface area (Å²) >= 11 is 0. The predicted molar refractivity (Wildman–Crippen MR) is 118 cm³/mol. The van der Waals surface area contributed by atoms with Crippen molar-refractivity contribution in [2.75, 3.05) is 42.6 Å². The Labute approximate surface area is 179 Å². The Morgan fingerprint density at radius 1 is 1.00 bits per heavy atom. The molecule has 2 unspecified atom stereocenters. The normalized spacial score (nSPS) is 22.8. The molecule has 2 atom stereocenters. The molecule has 0 radical (unpaired) electrons. The Morgan fingerprint density at radius 2 is 1.73 bits per heavy atom. The van der Waals surface area contributed by atoms with E-state index in [9.17, 15) is 8.42 Å². The highest BCUT2D eigenvalue weighted by atomic mass is 32.2. The van der Waals surface area contributed by atoms with E-state index in [1.807, 2.05) is 12.1 Å². The van der Waals surface area contributed by atoms with E-state index in [1.54, 1.807) is 10.4 Å². The standard InChI is InChI=1S/C23H29N3O3S/c1-17-5-7-19(8-6-17)18(2)26-22-16-20(30(27,28)24-12-14-29-15-13-24)9-10-21(22)25-11-3-4-23(25)26/h5-10,16,18,23H,3-4,11-15H2,1-2H3. The lowest BCUT2D eigenvalue weighted by Crippen LogP contribution is -2.41. The summed E-state index contributed by atoms with van der Waals surface area (Å²) in [5.41, 5.74) is 4.68. The Morgan fingerprint density at radius 3 is 2.47 bits per heavy atom. The van der Waals surface area contributed by atoms with Gasteiger partial charge in [-0.1, -0.05) is 29.8 Å². The molecule has 160 valence electrons. The number of rotatable bonds is 4. The first-order chi connectivity index (χ1) is 14.5. The van der Waals surface area contributed by atoms with Gasteiger partial charge in [-0.3, -0.25) is 0 Å². The van der Waals surface area contributed by atoms with Gasteiger partial charge in [-0.15, -0.1) is 0 Å². The second-order valence-corrected chi connectivity index (χ2v) is 10.4. The van der Waals surface area contributed by atoms with Gasteiger partial charge in [-0.25, -0.2) is 8.42 Å². The molecule has 7 heteroatoms. The fourth-order valence-corrected chi connectivity index (χ4v) is 6.43. The van der Waals surface area contributed by atoms with Gasteiger partial charge in [0.05, 0.1) is 35.5 Å². The minimum absolute atomic E-state index is 0.166. The Kier molecular flexibility index (Phi) is 5.00. The molecule has 0 saturated carbocycles. The van der Waals surface area contributed by atoms with E-state index in [2.05, 4.69) is 47.9 Å². The zero-order chi connectivity index (χ0) is 20.9. The summed E-state index contributed by atoms with van der Waals surface area (Å²) in [5.74, 6) is 0. The fraction of sp³-hybridized carbons (Fsp3) is 0.478. The third-order valence-corrected chi connectivity index (χ3v) is 8.56. The number of anilines is 2. The maximum absolute atomic E-state index is 13.3. The molecule has 2 aromatic carbocycles. The van der Waals surface area contributed by atoms with Crippen LogP contribution in [0.15, 0.2) is 47.4 Å². The van der Waals surface area contributed by atoms with Crippen molar-refractivity contribution in [1.82, 2.24) is 4.31 Å². The van der Waals surface area contributed by atoms with Gasteiger partial charge in [-0.2, -0.15) is 4.31 Å². The monoisotopic (exact) mass is 427 g/mol. The average molecular weight is 428 g/mol. The molecule has 6 nitrogen and oxygen atoms in total. The average Bonchev–Trinajstić information content (AvgIpc) is 3.34. The molecule has 5 rings (SSSR count). The van der Waals surface area contributed by atoms with Gasteiger partial charge in [0.2, 0.25) is 10.0 Å². The van der Waals surface area contributed by atoms with Gasteiger partial charge in [0.1, 0.15) is 6.17 Å². The maximum atomic E-state index is 13.3. The number of ether oxygens (including phenoxy) is 1. The molecular formula is C23H29N3O3S. The summed E-state index contributed by atoms with van der Waals surface area (Å²) in [6, 6.07) is 14.5. The highest BCUT2D eigenvalue weighted by Crippen LogP contribution is 2.48. The second-order valence-electron chi connectivity index (χ2n) is 8.48. The molecule has 0 bridgehead atoms. The Hall–Kier alpha value is -2.09. The van der Waals surface area contributed by atoms with Gasteiger partial charge in [-0.05, 0) is 50.5 Å². The molecule has 3 aliphatic rings. The summed E-state index contributed by atoms with van der Waals surface area (Å²) in [7, 11) is -3.52. The van der Waals surface area contributed by atoms with Crippen LogP contribution in [0.4, 0.5) is 11.4 Å². The zero-order valence-electron chi connectivity index (χ0n) is 17.6. The van der Waals surface area contributed by atoms with Gasteiger partial charge < -0.3 is 14.5 Å². The summed E-state index contributed by atoms with van der Waals surface area (Å²) in [6.07, 6.45) is 2.54. The third kappa shape index (κ3) is 3.20. The summed E-state index contributed by atoms with van der Waals surface area (Å²) in [4.78, 5) is 5.24. The van der Waals surface area contributed by atoms with E-state index in [4.69, 9.17) is 4.74 Å². The lowest BCUT2D eigenvalue weighted by Gasteiger charge is -2.33. The summed E-state index contributed by atoms with van der Waals surface area (Å²) in [5, 5.41) is 0. The molecule has 0 aromatic heterocycles. The lowest BCUT2D eigenvalue weighted by atomic mass is 10.0. The molecule has 2 fully saturated rings. The molecule has 3 aliphatic heterocycles. The van der Waals surface area contributed by atoms with Crippen LogP contribution in [0.2, 0.25) is 0 Å². The van der Waals surface area contributed by atoms with Crippen LogP contribution in [0.1, 0.15) is 36.9 Å². The van der Waals surface area contributed by atoms with E-state index in [-0.39, 0.29) is 12.2 Å². The van der Waals surface area contributed by atoms with E-state index in [0.29, 0.717) is 31.2 Å². The largest absolute Gasteiger partial charge is 0.379 e. The predicted octanol–water partition coefficient (Wildman–Crippen LogP) is 3.52. The molecule has 0 spiro atoms. The van der Waals surface area contributed by atoms with Gasteiger partial charge in [0.15, 0.2) is 0 Å². The van der Waals surface area contributed by atoms with Crippen molar-refractivity contribution >= 4 is 21.4 Å². The van der Waals surface area contributed by atoms with Gasteiger partial charge in [0, 0.05) is 19.6 Å². The minimum atomic E-state index is -3.52. The number of hydrogen-bond acceptors (Lipinski definition) is 5. The smallest absolute Gasteiger partial charge is 0.243 e. The van der Waals surface area contributed by atoms with Gasteiger partial charge >= 0.3 is 0 Å². The number of fused-ring (bicyclic) bond motifs is 3. The summed E-state index contributed by atoms with van der Waals surface area (Å²) < 4.78 is 33.4. The van der Waals surface area contributed by atoms with E-state index >= 15 is 0 Å². The molecule has 0 N–H and O–H groups in total. The Balaban J connectivity index is 1.54. The molecule has 3 heterocycles. The maximum Gasteiger partial charge on any atom is 0.243 e. The molecule has 30 heavy (non-hydrogen) atoms. The van der Waals surface area contributed by atoms with Crippen LogP contribution in [0.25, 0.3) is 0 Å². The number of morpholine rings is 1. The quantitative estimate of drug-likeness (QED) is 0.747. The van der Waals surface area contributed by atoms with Crippen LogP contribution in [-0.4, -0.2) is 51.7 Å². The first kappa shape index (κ1) is 19.8. The number of aryl methyl sites for hydroxylation is 1. The first-order valence-corrected chi connectivity index (χ1v) is 12.2. The van der Waals surface area contributed by atoms with Crippen molar-refractivity contribution in [2.45, 2.75) is 43.8 Å². The van der Waals surface area contributed by atoms with E-state index in [1.165, 1.54) is 11.1 Å². The van der Waals surface area contributed by atoms with Crippen LogP contribution in [0.5, 0.6) is 0 Å². The van der Waals surface area contributed by atoms with Crippen molar-refractivity contribution in [3.63, 3.8) is 0 Å². The van der Waals surface area contributed by atoms with Crippen LogP contribution < -0.4 is 9.80 Å². The highest BCUT2D eigenvalue weighted by Gasteiger charge is 2.42. The van der Waals surface area contributed by atoms with Gasteiger partial charge in [0.25, 0.3) is 0 Å². The molecule has 2 saturated heterocycles. The Bertz CT molecular complexity index is 1030. The molecule has 0 amide bonds. The topological polar surface area (TPSA) is 53.1 Å². The lowest BCUT2D eigenvalue weighted by molar-refractivity contribution is 0.0730. The number of sulfonamides is 1. The summed E-state index contributed by atoms with van der Waals surface area (Å²) in [6.45, 7) is 7.08. The second kappa shape index (κ2) is 7.55. The third-order valence-electron chi connectivity index (χ3n) is 6.66. The van der Waals surface area contributed by atoms with Crippen LogP contribution in [-0.2, 0) is 14.8 Å². The minimum Gasteiger partial charge on any atom is -0.379 e. The van der Waals surface area contributed by atoms with E-state index < -0.39 is 10.0 Å². The van der Waals surface area contributed by atoms with Crippen molar-refractivity contribution in [3.05, 3.63) is 53.6 Å². The van der Waals surface area contributed by atoms with Crippen molar-refractivity contribution in [1.29, 1.82) is 0 Å². The fourth-order valence-electron chi connectivity index (χ4n) is 5.00. The van der Waals surface area contributed by atoms with E-state index in [0.717, 1.165) is 30.8 Å². The molecule has 0 aliphatic carbocycles. The van der Waals surface area contributed by atoms with Crippen molar-refractivity contribution in [2.24, 2.45) is 0 Å². The van der Waals surface area contributed by atoms with Crippen LogP contribution in [0.3, 0.4) is 0 Å². The number of benzene rings is 2. The van der Waals surface area contributed by atoms with Crippen LogP contribution >= 0.6 is 0 Å². The van der Waals surface area contributed by atoms with Crippen molar-refractivity contribution in [3.8, 4) is 0 Å². The SMILES string of the molecule is Cc1ccc(C(C)N2c3cc(S(=O)(=O)N4CCOCC4)ccc3N3CCCC32)cc1. The number of hydrogen-bond donors (Lipinski definition) is 0. The molecule has 2 aromatic rings. The van der Waals surface area contributed by atoms with Crippen LogP contribution in [0, 0.1) is 6.92 Å². The zero-order valence-corrected chi connectivity index (χ0v) is 18.4. The highest BCUT2D eigenvalue weighted by molar-refractivity contribution is 7.89.